The molecular weight excluding hydrogens is 304 g/mol. The van der Waals surface area contributed by atoms with Crippen molar-refractivity contribution in [2.24, 2.45) is 5.92 Å². The van der Waals surface area contributed by atoms with Gasteiger partial charge in [0.1, 0.15) is 5.54 Å². The maximum absolute atomic E-state index is 13.0. The van der Waals surface area contributed by atoms with Gasteiger partial charge in [0.25, 0.3) is 5.91 Å². The number of amides is 3. The fraction of sp³-hybridized carbons (Fsp3) is 0.526. The summed E-state index contributed by atoms with van der Waals surface area (Å²) in [6.07, 6.45) is 9.90. The number of ketones is 1. The predicted molar refractivity (Wildman–Crippen MR) is 93.3 cm³/mol. The zero-order chi connectivity index (χ0) is 17.9. The quantitative estimate of drug-likeness (QED) is 0.427. The Morgan fingerprint density at radius 1 is 1.29 bits per heavy atom. The Balaban J connectivity index is 2.17. The van der Waals surface area contributed by atoms with Gasteiger partial charge in [-0.05, 0) is 25.7 Å². The van der Waals surface area contributed by atoms with Gasteiger partial charge in [-0.1, -0.05) is 50.6 Å². The van der Waals surface area contributed by atoms with Crippen LogP contribution in [0.15, 0.2) is 37.0 Å². The van der Waals surface area contributed by atoms with Gasteiger partial charge in [-0.2, -0.15) is 0 Å². The Labute approximate surface area is 143 Å². The Morgan fingerprint density at radius 3 is 2.50 bits per heavy atom. The molecule has 0 aromatic rings. The van der Waals surface area contributed by atoms with Gasteiger partial charge in [0.2, 0.25) is 0 Å². The number of rotatable bonds is 6. The van der Waals surface area contributed by atoms with Crippen molar-refractivity contribution >= 4 is 17.7 Å². The normalized spacial score (nSPS) is 25.6. The first-order valence-corrected chi connectivity index (χ1v) is 8.45. The van der Waals surface area contributed by atoms with Crippen LogP contribution in [-0.2, 0) is 9.59 Å². The Kier molecular flexibility index (Phi) is 5.42. The summed E-state index contributed by atoms with van der Waals surface area (Å²) in [5.74, 6) is -0.455. The smallest absolute Gasteiger partial charge is 0.313 e. The summed E-state index contributed by atoms with van der Waals surface area (Å²) in [6.45, 7) is 8.79. The molecule has 130 valence electrons. The zero-order valence-electron chi connectivity index (χ0n) is 14.6. The van der Waals surface area contributed by atoms with E-state index >= 15 is 0 Å². The molecule has 0 bridgehead atoms. The highest BCUT2D eigenvalue weighted by atomic mass is 16.2. The van der Waals surface area contributed by atoms with Crippen LogP contribution in [0.3, 0.4) is 0 Å². The lowest BCUT2D eigenvalue weighted by Crippen LogP contribution is -2.52. The highest BCUT2D eigenvalue weighted by molar-refractivity contribution is 6.11. The van der Waals surface area contributed by atoms with Crippen molar-refractivity contribution in [3.05, 3.63) is 37.0 Å². The van der Waals surface area contributed by atoms with E-state index in [1.807, 2.05) is 6.92 Å². The molecule has 1 aliphatic heterocycles. The fourth-order valence-electron chi connectivity index (χ4n) is 3.66. The van der Waals surface area contributed by atoms with Gasteiger partial charge in [0.05, 0.1) is 6.54 Å². The summed E-state index contributed by atoms with van der Waals surface area (Å²) < 4.78 is 0. The number of nitrogens with zero attached hydrogens (tertiary/aromatic N) is 2. The van der Waals surface area contributed by atoms with E-state index in [-0.39, 0.29) is 29.7 Å². The first kappa shape index (κ1) is 18.2. The molecule has 5 heteroatoms. The van der Waals surface area contributed by atoms with E-state index in [2.05, 4.69) is 13.2 Å². The molecule has 0 radical (unpaired) electrons. The summed E-state index contributed by atoms with van der Waals surface area (Å²) in [5.41, 5.74) is -0.597. The highest BCUT2D eigenvalue weighted by Gasteiger charge is 2.56. The van der Waals surface area contributed by atoms with Crippen LogP contribution >= 0.6 is 0 Å². The number of hydrogen-bond acceptors (Lipinski definition) is 3. The van der Waals surface area contributed by atoms with Crippen molar-refractivity contribution in [2.75, 3.05) is 13.6 Å². The first-order valence-electron chi connectivity index (χ1n) is 8.45. The molecule has 0 aromatic carbocycles. The molecule has 0 aromatic heterocycles. The summed E-state index contributed by atoms with van der Waals surface area (Å²) in [5, 5.41) is 0. The number of likely N-dealkylation sites (N-methyl/N-ethyl adjacent to an activating group) is 1. The van der Waals surface area contributed by atoms with Gasteiger partial charge in [-0.15, -0.1) is 0 Å². The van der Waals surface area contributed by atoms with Crippen molar-refractivity contribution in [1.82, 2.24) is 9.80 Å². The van der Waals surface area contributed by atoms with E-state index in [1.54, 1.807) is 19.2 Å². The Hall–Kier alpha value is -2.17. The SMILES string of the molecule is C=C/C=C\C(=C)C(=O)CN1C(=O)N(C)C(C)(C2CCCCC2)C1=O. The second-order valence-corrected chi connectivity index (χ2v) is 6.76. The molecule has 5 nitrogen and oxygen atoms in total. The molecule has 1 saturated carbocycles. The van der Waals surface area contributed by atoms with Gasteiger partial charge < -0.3 is 4.90 Å². The maximum Gasteiger partial charge on any atom is 0.327 e. The van der Waals surface area contributed by atoms with Gasteiger partial charge >= 0.3 is 6.03 Å². The molecule has 3 amide bonds. The first-order chi connectivity index (χ1) is 11.3. The number of hydrogen-bond donors (Lipinski definition) is 0. The van der Waals surface area contributed by atoms with Crippen LogP contribution in [0, 0.1) is 5.92 Å². The molecule has 2 aliphatic rings. The number of allylic oxidation sites excluding steroid dienone is 3. The minimum atomic E-state index is -0.851. The van der Waals surface area contributed by atoms with Crippen LogP contribution < -0.4 is 0 Å². The van der Waals surface area contributed by atoms with Crippen molar-refractivity contribution in [3.63, 3.8) is 0 Å². The third kappa shape index (κ3) is 3.07. The van der Waals surface area contributed by atoms with E-state index < -0.39 is 11.6 Å². The van der Waals surface area contributed by atoms with Crippen molar-refractivity contribution < 1.29 is 14.4 Å². The van der Waals surface area contributed by atoms with Crippen molar-refractivity contribution in [2.45, 2.75) is 44.6 Å². The monoisotopic (exact) mass is 330 g/mol. The lowest BCUT2D eigenvalue weighted by atomic mass is 9.75. The summed E-state index contributed by atoms with van der Waals surface area (Å²) >= 11 is 0. The van der Waals surface area contributed by atoms with Crippen molar-refractivity contribution in [3.8, 4) is 0 Å². The second-order valence-electron chi connectivity index (χ2n) is 6.76. The standard InChI is InChI=1S/C19H26N2O3/c1-5-6-10-14(2)16(22)13-21-17(23)19(3,20(4)18(21)24)15-11-8-7-9-12-15/h5-6,10,15H,1-2,7-9,11-13H2,3-4H3/b10-6-. The average molecular weight is 330 g/mol. The van der Waals surface area contributed by atoms with Crippen LogP contribution in [0.4, 0.5) is 4.79 Å². The summed E-state index contributed by atoms with van der Waals surface area (Å²) in [6, 6.07) is -0.401. The third-order valence-corrected chi connectivity index (χ3v) is 5.39. The molecule has 2 rings (SSSR count). The maximum atomic E-state index is 13.0. The van der Waals surface area contributed by atoms with Gasteiger partial charge in [0.15, 0.2) is 5.78 Å². The van der Waals surface area contributed by atoms with Gasteiger partial charge in [0, 0.05) is 12.6 Å². The number of carbonyl (C=O) groups is 3. The van der Waals surface area contributed by atoms with Crippen LogP contribution in [0.1, 0.15) is 39.0 Å². The number of carbonyl (C=O) groups excluding carboxylic acids is 3. The van der Waals surface area contributed by atoms with Gasteiger partial charge in [-0.3, -0.25) is 14.5 Å². The van der Waals surface area contributed by atoms with E-state index in [1.165, 1.54) is 17.4 Å². The molecule has 24 heavy (non-hydrogen) atoms. The third-order valence-electron chi connectivity index (χ3n) is 5.39. The highest BCUT2D eigenvalue weighted by Crippen LogP contribution is 2.40. The predicted octanol–water partition coefficient (Wildman–Crippen LogP) is 3.09. The van der Waals surface area contributed by atoms with E-state index in [4.69, 9.17) is 0 Å². The Bertz CT molecular complexity index is 602. The fourth-order valence-corrected chi connectivity index (χ4v) is 3.66. The lowest BCUT2D eigenvalue weighted by molar-refractivity contribution is -0.137. The van der Waals surface area contributed by atoms with Crippen molar-refractivity contribution in [1.29, 1.82) is 0 Å². The number of urea groups is 1. The molecule has 1 atom stereocenters. The molecule has 1 saturated heterocycles. The number of Topliss-reactive ketones (excluding diaryl/α,β-unsaturated/α-hetero) is 1. The summed E-state index contributed by atoms with van der Waals surface area (Å²) in [4.78, 5) is 40.4. The lowest BCUT2D eigenvalue weighted by Gasteiger charge is -2.38. The van der Waals surface area contributed by atoms with E-state index in [0.717, 1.165) is 30.6 Å². The molecular formula is C19H26N2O3. The van der Waals surface area contributed by atoms with Crippen LogP contribution in [0.25, 0.3) is 0 Å². The number of imide groups is 1. The minimum absolute atomic E-state index is 0.150. The second kappa shape index (κ2) is 7.16. The van der Waals surface area contributed by atoms with E-state index in [0.29, 0.717) is 0 Å². The van der Waals surface area contributed by atoms with Gasteiger partial charge in [-0.25, -0.2) is 4.79 Å². The van der Waals surface area contributed by atoms with Crippen LogP contribution in [0.2, 0.25) is 0 Å². The minimum Gasteiger partial charge on any atom is -0.313 e. The molecule has 1 heterocycles. The Morgan fingerprint density at radius 2 is 1.92 bits per heavy atom. The molecule has 1 unspecified atom stereocenters. The topological polar surface area (TPSA) is 57.7 Å². The zero-order valence-corrected chi connectivity index (χ0v) is 14.6. The van der Waals surface area contributed by atoms with Crippen LogP contribution in [0.5, 0.6) is 0 Å². The molecule has 0 N–H and O–H groups in total. The van der Waals surface area contributed by atoms with Crippen LogP contribution in [-0.4, -0.2) is 46.7 Å². The molecule has 1 aliphatic carbocycles. The summed E-state index contributed by atoms with van der Waals surface area (Å²) in [7, 11) is 1.66. The van der Waals surface area contributed by atoms with E-state index in [9.17, 15) is 14.4 Å². The largest absolute Gasteiger partial charge is 0.327 e. The molecule has 0 spiro atoms. The molecule has 2 fully saturated rings. The average Bonchev–Trinajstić information content (AvgIpc) is 2.76.